The van der Waals surface area contributed by atoms with Crippen LogP contribution >= 0.6 is 0 Å². The molecule has 0 aromatic heterocycles. The minimum Gasteiger partial charge on any atom is -0.378 e. The molecule has 10 heteroatoms. The number of benzene rings is 1. The summed E-state index contributed by atoms with van der Waals surface area (Å²) in [5.41, 5.74) is -1.09. The quantitative estimate of drug-likeness (QED) is 0.464. The summed E-state index contributed by atoms with van der Waals surface area (Å²) in [6, 6.07) is 4.70. The van der Waals surface area contributed by atoms with Gasteiger partial charge in [-0.1, -0.05) is 0 Å². The fraction of sp³-hybridized carbons (Fsp3) is 0.438. The number of nitro benzene ring substituents is 1. The maximum Gasteiger partial charge on any atom is 0.325 e. The van der Waals surface area contributed by atoms with Gasteiger partial charge in [0.1, 0.15) is 12.1 Å². The molecule has 1 aromatic rings. The van der Waals surface area contributed by atoms with Gasteiger partial charge in [0.05, 0.1) is 18.1 Å². The van der Waals surface area contributed by atoms with Crippen molar-refractivity contribution in [3.05, 3.63) is 39.9 Å². The third-order valence-electron chi connectivity index (χ3n) is 4.59. The lowest BCUT2D eigenvalue weighted by molar-refractivity contribution is -0.384. The summed E-state index contributed by atoms with van der Waals surface area (Å²) < 4.78 is 5.18. The fourth-order valence-corrected chi connectivity index (χ4v) is 3.00. The van der Waals surface area contributed by atoms with E-state index in [-0.39, 0.29) is 18.1 Å². The van der Waals surface area contributed by atoms with Crippen molar-refractivity contribution in [2.45, 2.75) is 12.5 Å². The molecule has 138 valence electrons. The first-order valence-electron chi connectivity index (χ1n) is 8.07. The molecule has 2 saturated heterocycles. The number of morpholine rings is 1. The van der Waals surface area contributed by atoms with Crippen molar-refractivity contribution in [2.24, 2.45) is 0 Å². The molecule has 0 bridgehead atoms. The van der Waals surface area contributed by atoms with Crippen molar-refractivity contribution >= 4 is 23.5 Å². The summed E-state index contributed by atoms with van der Waals surface area (Å²) in [5, 5.41) is 13.3. The Hall–Kier alpha value is -3.01. The van der Waals surface area contributed by atoms with E-state index >= 15 is 0 Å². The molecule has 1 atom stereocenters. The van der Waals surface area contributed by atoms with Crippen molar-refractivity contribution in [3.8, 4) is 0 Å². The fourth-order valence-electron chi connectivity index (χ4n) is 3.00. The van der Waals surface area contributed by atoms with Crippen LogP contribution in [-0.2, 0) is 19.9 Å². The molecule has 2 aliphatic heterocycles. The first-order chi connectivity index (χ1) is 12.3. The molecule has 0 radical (unpaired) electrons. The molecule has 0 aliphatic carbocycles. The number of nitrogens with one attached hydrogen (secondary N) is 1. The molecule has 1 N–H and O–H groups in total. The van der Waals surface area contributed by atoms with E-state index in [0.717, 1.165) is 4.90 Å². The standard InChI is InChI=1S/C16H18N4O6/c1-16(11-2-4-12(5-3-11)20(24)25)14(22)19(15(23)17-16)10-13(21)18-6-8-26-9-7-18/h2-5H,6-10H2,1H3,(H,17,23)/t16-/m0/s1. The van der Waals surface area contributed by atoms with Crippen molar-refractivity contribution in [3.63, 3.8) is 0 Å². The minimum absolute atomic E-state index is 0.117. The molecule has 2 fully saturated rings. The highest BCUT2D eigenvalue weighted by Gasteiger charge is 2.49. The van der Waals surface area contributed by atoms with Crippen LogP contribution in [0.4, 0.5) is 10.5 Å². The highest BCUT2D eigenvalue weighted by atomic mass is 16.6. The van der Waals surface area contributed by atoms with Crippen LogP contribution in [0.1, 0.15) is 12.5 Å². The smallest absolute Gasteiger partial charge is 0.325 e. The van der Waals surface area contributed by atoms with Crippen LogP contribution in [0.3, 0.4) is 0 Å². The number of hydrogen-bond donors (Lipinski definition) is 1. The highest BCUT2D eigenvalue weighted by Crippen LogP contribution is 2.30. The molecule has 2 aliphatic rings. The Balaban J connectivity index is 1.76. The number of carbonyl (C=O) groups excluding carboxylic acids is 3. The van der Waals surface area contributed by atoms with Crippen LogP contribution in [0.25, 0.3) is 0 Å². The summed E-state index contributed by atoms with van der Waals surface area (Å²) in [5.74, 6) is -0.900. The Labute approximate surface area is 148 Å². The summed E-state index contributed by atoms with van der Waals surface area (Å²) in [6.07, 6.45) is 0. The van der Waals surface area contributed by atoms with E-state index in [0.29, 0.717) is 31.9 Å². The van der Waals surface area contributed by atoms with Crippen LogP contribution in [0.15, 0.2) is 24.3 Å². The average molecular weight is 362 g/mol. The van der Waals surface area contributed by atoms with Gasteiger partial charge in [-0.15, -0.1) is 0 Å². The number of rotatable bonds is 4. The number of nitrogens with zero attached hydrogens (tertiary/aromatic N) is 3. The first-order valence-corrected chi connectivity index (χ1v) is 8.07. The van der Waals surface area contributed by atoms with Gasteiger partial charge >= 0.3 is 6.03 Å². The predicted octanol–water partition coefficient (Wildman–Crippen LogP) is 0.221. The van der Waals surface area contributed by atoms with Gasteiger partial charge in [0.2, 0.25) is 5.91 Å². The van der Waals surface area contributed by atoms with Crippen molar-refractivity contribution in [1.82, 2.24) is 15.1 Å². The van der Waals surface area contributed by atoms with E-state index in [2.05, 4.69) is 5.32 Å². The van der Waals surface area contributed by atoms with Crippen molar-refractivity contribution < 1.29 is 24.0 Å². The number of ether oxygens (including phenoxy) is 1. The molecular formula is C16H18N4O6. The van der Waals surface area contributed by atoms with Crippen molar-refractivity contribution in [1.29, 1.82) is 0 Å². The van der Waals surface area contributed by atoms with E-state index in [1.807, 2.05) is 0 Å². The molecule has 0 spiro atoms. The lowest BCUT2D eigenvalue weighted by Gasteiger charge is -2.28. The molecule has 10 nitrogen and oxygen atoms in total. The summed E-state index contributed by atoms with van der Waals surface area (Å²) in [7, 11) is 0. The maximum absolute atomic E-state index is 12.8. The largest absolute Gasteiger partial charge is 0.378 e. The summed E-state index contributed by atoms with van der Waals surface area (Å²) in [6.45, 7) is 2.84. The highest BCUT2D eigenvalue weighted by molar-refractivity contribution is 6.09. The zero-order chi connectivity index (χ0) is 18.9. The number of nitro groups is 1. The second-order valence-electron chi connectivity index (χ2n) is 6.24. The predicted molar refractivity (Wildman–Crippen MR) is 88.1 cm³/mol. The van der Waals surface area contributed by atoms with Crippen LogP contribution in [0.2, 0.25) is 0 Å². The molecule has 4 amide bonds. The minimum atomic E-state index is -1.38. The maximum atomic E-state index is 12.8. The van der Waals surface area contributed by atoms with E-state index in [4.69, 9.17) is 4.74 Å². The Kier molecular flexibility index (Phi) is 4.60. The SMILES string of the molecule is C[C@@]1(c2ccc([N+](=O)[O-])cc2)NC(=O)N(CC(=O)N2CCOCC2)C1=O. The topological polar surface area (TPSA) is 122 Å². The Bertz CT molecular complexity index is 759. The van der Waals surface area contributed by atoms with Crippen LogP contribution < -0.4 is 5.32 Å². The van der Waals surface area contributed by atoms with Gasteiger partial charge in [-0.2, -0.15) is 0 Å². The molecule has 0 saturated carbocycles. The van der Waals surface area contributed by atoms with Gasteiger partial charge in [-0.05, 0) is 24.6 Å². The van der Waals surface area contributed by atoms with Crippen molar-refractivity contribution in [2.75, 3.05) is 32.8 Å². The Morgan fingerprint density at radius 3 is 2.46 bits per heavy atom. The number of imide groups is 1. The van der Waals surface area contributed by atoms with Gasteiger partial charge in [0, 0.05) is 25.2 Å². The van der Waals surface area contributed by atoms with E-state index in [1.54, 1.807) is 4.90 Å². The zero-order valence-electron chi connectivity index (χ0n) is 14.1. The molecule has 2 heterocycles. The van der Waals surface area contributed by atoms with Gasteiger partial charge < -0.3 is 15.0 Å². The number of non-ortho nitro benzene ring substituents is 1. The number of hydrogen-bond acceptors (Lipinski definition) is 6. The monoisotopic (exact) mass is 362 g/mol. The van der Waals surface area contributed by atoms with Gasteiger partial charge in [0.25, 0.3) is 11.6 Å². The van der Waals surface area contributed by atoms with Crippen LogP contribution in [0.5, 0.6) is 0 Å². The molecule has 26 heavy (non-hydrogen) atoms. The lowest BCUT2D eigenvalue weighted by Crippen LogP contribution is -2.47. The van der Waals surface area contributed by atoms with Gasteiger partial charge in [-0.25, -0.2) is 4.79 Å². The van der Waals surface area contributed by atoms with Gasteiger partial charge in [0.15, 0.2) is 0 Å². The number of urea groups is 1. The molecule has 3 rings (SSSR count). The average Bonchev–Trinajstić information content (AvgIpc) is 2.86. The Morgan fingerprint density at radius 1 is 1.27 bits per heavy atom. The third-order valence-corrected chi connectivity index (χ3v) is 4.59. The number of carbonyl (C=O) groups is 3. The van der Waals surface area contributed by atoms with E-state index in [1.165, 1.54) is 31.2 Å². The summed E-state index contributed by atoms with van der Waals surface area (Å²) >= 11 is 0. The third kappa shape index (κ3) is 3.10. The lowest BCUT2D eigenvalue weighted by atomic mass is 9.92. The Morgan fingerprint density at radius 2 is 1.88 bits per heavy atom. The van der Waals surface area contributed by atoms with Crippen LogP contribution in [0, 0.1) is 10.1 Å². The van der Waals surface area contributed by atoms with Crippen LogP contribution in [-0.4, -0.2) is 65.4 Å². The van der Waals surface area contributed by atoms with Gasteiger partial charge in [-0.3, -0.25) is 24.6 Å². The van der Waals surface area contributed by atoms with E-state index in [9.17, 15) is 24.5 Å². The first kappa shape index (κ1) is 17.8. The molecular weight excluding hydrogens is 344 g/mol. The molecule has 0 unspecified atom stereocenters. The van der Waals surface area contributed by atoms with E-state index < -0.39 is 22.4 Å². The number of amides is 4. The second-order valence-corrected chi connectivity index (χ2v) is 6.24. The normalized spacial score (nSPS) is 23.1. The molecule has 1 aromatic carbocycles. The zero-order valence-corrected chi connectivity index (χ0v) is 14.1. The second kappa shape index (κ2) is 6.71. The summed E-state index contributed by atoms with van der Waals surface area (Å²) in [4.78, 5) is 50.0.